The van der Waals surface area contributed by atoms with E-state index in [1.54, 1.807) is 18.0 Å². The molecule has 0 saturated carbocycles. The van der Waals surface area contributed by atoms with Gasteiger partial charge in [0, 0.05) is 35.8 Å². The lowest BCUT2D eigenvalue weighted by Crippen LogP contribution is -2.50. The molecule has 0 aromatic heterocycles. The molecule has 0 saturated heterocycles. The van der Waals surface area contributed by atoms with E-state index in [-0.39, 0.29) is 24.1 Å². The van der Waals surface area contributed by atoms with E-state index in [1.807, 2.05) is 72.8 Å². The van der Waals surface area contributed by atoms with Crippen LogP contribution in [0.25, 0.3) is 0 Å². The Balaban J connectivity index is 1.83. The summed E-state index contributed by atoms with van der Waals surface area (Å²) in [6, 6.07) is 24.0. The SMILES string of the molecule is CNC(=O)[C@H](Cc1ccccc1)N(Cc1ccccc1Cl)C(=O)CSCc1ccccc1Cl. The molecular formula is C26H26Cl2N2O2S. The van der Waals surface area contributed by atoms with Crippen LogP contribution >= 0.6 is 35.0 Å². The summed E-state index contributed by atoms with van der Waals surface area (Å²) in [6.45, 7) is 0.246. The summed E-state index contributed by atoms with van der Waals surface area (Å²) in [4.78, 5) is 28.0. The number of nitrogens with zero attached hydrogens (tertiary/aromatic N) is 1. The zero-order valence-electron chi connectivity index (χ0n) is 18.3. The van der Waals surface area contributed by atoms with Crippen LogP contribution in [-0.2, 0) is 28.3 Å². The van der Waals surface area contributed by atoms with Crippen molar-refractivity contribution in [2.45, 2.75) is 24.8 Å². The fourth-order valence-corrected chi connectivity index (χ4v) is 4.87. The van der Waals surface area contributed by atoms with E-state index in [2.05, 4.69) is 5.32 Å². The molecule has 0 heterocycles. The van der Waals surface area contributed by atoms with Crippen molar-refractivity contribution >= 4 is 46.8 Å². The van der Waals surface area contributed by atoms with Gasteiger partial charge in [0.1, 0.15) is 6.04 Å². The molecule has 2 amide bonds. The Kier molecular flexibility index (Phi) is 9.67. The first kappa shape index (κ1) is 25.2. The van der Waals surface area contributed by atoms with Crippen molar-refractivity contribution in [1.29, 1.82) is 0 Å². The summed E-state index contributed by atoms with van der Waals surface area (Å²) in [6.07, 6.45) is 0.409. The van der Waals surface area contributed by atoms with E-state index in [9.17, 15) is 9.59 Å². The topological polar surface area (TPSA) is 49.4 Å². The van der Waals surface area contributed by atoms with Gasteiger partial charge in [0.25, 0.3) is 0 Å². The molecule has 172 valence electrons. The van der Waals surface area contributed by atoms with Crippen molar-refractivity contribution in [2.75, 3.05) is 12.8 Å². The number of benzene rings is 3. The van der Waals surface area contributed by atoms with E-state index in [0.717, 1.165) is 16.7 Å². The summed E-state index contributed by atoms with van der Waals surface area (Å²) in [5.41, 5.74) is 2.75. The Labute approximate surface area is 209 Å². The fourth-order valence-electron chi connectivity index (χ4n) is 3.48. The minimum atomic E-state index is -0.665. The number of hydrogen-bond acceptors (Lipinski definition) is 3. The van der Waals surface area contributed by atoms with Crippen molar-refractivity contribution in [3.63, 3.8) is 0 Å². The summed E-state index contributed by atoms with van der Waals surface area (Å²) < 4.78 is 0. The molecule has 1 atom stereocenters. The van der Waals surface area contributed by atoms with Crippen LogP contribution in [0.3, 0.4) is 0 Å². The Hall–Kier alpha value is -2.47. The van der Waals surface area contributed by atoms with Gasteiger partial charge in [0.15, 0.2) is 0 Å². The van der Waals surface area contributed by atoms with Gasteiger partial charge >= 0.3 is 0 Å². The molecule has 0 spiro atoms. The Morgan fingerprint density at radius 3 is 2.06 bits per heavy atom. The highest BCUT2D eigenvalue weighted by atomic mass is 35.5. The van der Waals surface area contributed by atoms with Gasteiger partial charge in [0.2, 0.25) is 11.8 Å². The zero-order chi connectivity index (χ0) is 23.6. The minimum absolute atomic E-state index is 0.128. The van der Waals surface area contributed by atoms with Gasteiger partial charge in [-0.2, -0.15) is 0 Å². The van der Waals surface area contributed by atoms with Gasteiger partial charge in [-0.3, -0.25) is 9.59 Å². The first-order chi connectivity index (χ1) is 16.0. The predicted molar refractivity (Wildman–Crippen MR) is 138 cm³/mol. The van der Waals surface area contributed by atoms with Gasteiger partial charge in [-0.25, -0.2) is 0 Å². The Morgan fingerprint density at radius 2 is 1.45 bits per heavy atom. The van der Waals surface area contributed by atoms with Gasteiger partial charge in [-0.15, -0.1) is 11.8 Å². The van der Waals surface area contributed by atoms with Crippen LogP contribution in [0.2, 0.25) is 10.0 Å². The largest absolute Gasteiger partial charge is 0.357 e. The molecule has 33 heavy (non-hydrogen) atoms. The average Bonchev–Trinajstić information content (AvgIpc) is 2.83. The summed E-state index contributed by atoms with van der Waals surface area (Å²) in [5.74, 6) is 0.485. The minimum Gasteiger partial charge on any atom is -0.357 e. The number of carbonyl (C=O) groups is 2. The maximum Gasteiger partial charge on any atom is 0.242 e. The van der Waals surface area contributed by atoms with E-state index in [0.29, 0.717) is 22.2 Å². The van der Waals surface area contributed by atoms with Gasteiger partial charge in [0.05, 0.1) is 5.75 Å². The van der Waals surface area contributed by atoms with Crippen LogP contribution in [0.1, 0.15) is 16.7 Å². The average molecular weight is 501 g/mol. The van der Waals surface area contributed by atoms with E-state index >= 15 is 0 Å². The lowest BCUT2D eigenvalue weighted by molar-refractivity contribution is -0.139. The maximum absolute atomic E-state index is 13.4. The molecule has 0 aliphatic heterocycles. The van der Waals surface area contributed by atoms with E-state index < -0.39 is 6.04 Å². The fraction of sp³-hybridized carbons (Fsp3) is 0.231. The second-order valence-electron chi connectivity index (χ2n) is 7.52. The van der Waals surface area contributed by atoms with Crippen molar-refractivity contribution in [3.05, 3.63) is 106 Å². The smallest absolute Gasteiger partial charge is 0.242 e. The van der Waals surface area contributed by atoms with Gasteiger partial charge in [-0.1, -0.05) is 89.9 Å². The molecule has 3 aromatic carbocycles. The second-order valence-corrected chi connectivity index (χ2v) is 9.32. The highest BCUT2D eigenvalue weighted by Crippen LogP contribution is 2.24. The van der Waals surface area contributed by atoms with Crippen LogP contribution in [0.15, 0.2) is 78.9 Å². The third-order valence-corrected chi connectivity index (χ3v) is 6.96. The number of halogens is 2. The Morgan fingerprint density at radius 1 is 0.879 bits per heavy atom. The van der Waals surface area contributed by atoms with Gasteiger partial charge in [-0.05, 0) is 28.8 Å². The van der Waals surface area contributed by atoms with Crippen LogP contribution < -0.4 is 5.32 Å². The number of rotatable bonds is 10. The van der Waals surface area contributed by atoms with E-state index in [4.69, 9.17) is 23.2 Å². The number of carbonyl (C=O) groups excluding carboxylic acids is 2. The summed E-state index contributed by atoms with van der Waals surface area (Å²) >= 11 is 14.1. The molecule has 0 radical (unpaired) electrons. The number of thioether (sulfide) groups is 1. The molecular weight excluding hydrogens is 475 g/mol. The van der Waals surface area contributed by atoms with Crippen molar-refractivity contribution in [2.24, 2.45) is 0 Å². The monoisotopic (exact) mass is 500 g/mol. The number of nitrogens with one attached hydrogen (secondary N) is 1. The molecule has 3 aromatic rings. The van der Waals surface area contributed by atoms with Gasteiger partial charge < -0.3 is 10.2 Å². The Bertz CT molecular complexity index is 1080. The first-order valence-electron chi connectivity index (χ1n) is 10.6. The third kappa shape index (κ3) is 7.26. The van der Waals surface area contributed by atoms with E-state index in [1.165, 1.54) is 11.8 Å². The molecule has 0 aliphatic carbocycles. The van der Waals surface area contributed by atoms with Crippen LogP contribution in [0.5, 0.6) is 0 Å². The molecule has 0 fully saturated rings. The molecule has 0 aliphatic rings. The maximum atomic E-state index is 13.4. The number of amides is 2. The molecule has 3 rings (SSSR count). The van der Waals surface area contributed by atoms with Crippen molar-refractivity contribution in [1.82, 2.24) is 10.2 Å². The predicted octanol–water partition coefficient (Wildman–Crippen LogP) is 5.61. The first-order valence-corrected chi connectivity index (χ1v) is 12.5. The van der Waals surface area contributed by atoms with Crippen molar-refractivity contribution in [3.8, 4) is 0 Å². The molecule has 0 unspecified atom stereocenters. The highest BCUT2D eigenvalue weighted by Gasteiger charge is 2.30. The normalized spacial score (nSPS) is 11.6. The van der Waals surface area contributed by atoms with Crippen LogP contribution in [-0.4, -0.2) is 35.6 Å². The number of hydrogen-bond donors (Lipinski definition) is 1. The number of likely N-dealkylation sites (N-methyl/N-ethyl adjacent to an activating group) is 1. The standard InChI is InChI=1S/C26H26Cl2N2O2S/c1-29-26(32)24(15-19-9-3-2-4-10-19)30(16-20-11-5-7-13-22(20)27)25(31)18-33-17-21-12-6-8-14-23(21)28/h2-14,24H,15-18H2,1H3,(H,29,32)/t24-/m0/s1. The second kappa shape index (κ2) is 12.7. The highest BCUT2D eigenvalue weighted by molar-refractivity contribution is 7.99. The molecule has 4 nitrogen and oxygen atoms in total. The molecule has 0 bridgehead atoms. The summed E-state index contributed by atoms with van der Waals surface area (Å²) in [7, 11) is 1.59. The lowest BCUT2D eigenvalue weighted by Gasteiger charge is -2.31. The van der Waals surface area contributed by atoms with Crippen molar-refractivity contribution < 1.29 is 9.59 Å². The van der Waals surface area contributed by atoms with Crippen LogP contribution in [0, 0.1) is 0 Å². The molecule has 7 heteroatoms. The zero-order valence-corrected chi connectivity index (χ0v) is 20.7. The summed E-state index contributed by atoms with van der Waals surface area (Å²) in [5, 5.41) is 3.96. The quantitative estimate of drug-likeness (QED) is 0.393. The third-order valence-electron chi connectivity index (χ3n) is 5.26. The lowest BCUT2D eigenvalue weighted by atomic mass is 10.0. The van der Waals surface area contributed by atoms with Crippen LogP contribution in [0.4, 0.5) is 0 Å². The molecule has 1 N–H and O–H groups in total.